The number of carbonyl (C=O) groups is 1. The summed E-state index contributed by atoms with van der Waals surface area (Å²) < 4.78 is 5.88. The van der Waals surface area contributed by atoms with Gasteiger partial charge in [-0.05, 0) is 85.6 Å². The van der Waals surface area contributed by atoms with Crippen LogP contribution in [0.2, 0.25) is 10.0 Å². The monoisotopic (exact) mass is 417 g/mol. The molecule has 4 fully saturated rings. The highest BCUT2D eigenvalue weighted by molar-refractivity contribution is 6.35. The van der Waals surface area contributed by atoms with Crippen LogP contribution >= 0.6 is 23.2 Å². The highest BCUT2D eigenvalue weighted by Gasteiger charge is 2.60. The summed E-state index contributed by atoms with van der Waals surface area (Å²) in [5.74, 6) is 1.49. The van der Waals surface area contributed by atoms with Crippen molar-refractivity contribution in [3.8, 4) is 11.3 Å². The number of benzene rings is 1. The molecule has 0 saturated heterocycles. The SMILES string of the molecule is CC12CC3CC(C)(C1)CC(NC(=O)c1ccc(-c4cc(Cl)ccc4Cl)o1)(C3)C2. The standard InChI is InChI=1S/C23H25Cl2NO2/c1-21-8-14-9-22(2,11-21)13-23(10-14,12-21)26-20(27)19-6-5-18(28-19)16-7-15(24)3-4-17(16)25/h3-7,14H,8-13H2,1-2H3,(H,26,27). The molecule has 4 saturated carbocycles. The average molecular weight is 418 g/mol. The van der Waals surface area contributed by atoms with E-state index in [2.05, 4.69) is 19.2 Å². The summed E-state index contributed by atoms with van der Waals surface area (Å²) >= 11 is 12.4. The summed E-state index contributed by atoms with van der Waals surface area (Å²) in [5.41, 5.74) is 1.30. The third-order valence-corrected chi connectivity index (χ3v) is 7.59. The van der Waals surface area contributed by atoms with Crippen molar-refractivity contribution in [2.24, 2.45) is 16.7 Å². The number of rotatable bonds is 3. The molecule has 2 atom stereocenters. The largest absolute Gasteiger partial charge is 0.451 e. The number of carbonyl (C=O) groups excluding carboxylic acids is 1. The molecule has 6 rings (SSSR count). The number of halogens is 2. The molecule has 0 radical (unpaired) electrons. The van der Waals surface area contributed by atoms with Gasteiger partial charge in [-0.15, -0.1) is 0 Å². The number of hydrogen-bond acceptors (Lipinski definition) is 2. The van der Waals surface area contributed by atoms with Gasteiger partial charge in [0.1, 0.15) is 5.76 Å². The Kier molecular flexibility index (Phi) is 4.00. The molecule has 4 aliphatic carbocycles. The Morgan fingerprint density at radius 3 is 2.43 bits per heavy atom. The molecule has 148 valence electrons. The van der Waals surface area contributed by atoms with E-state index in [1.54, 1.807) is 30.3 Å². The molecule has 5 heteroatoms. The number of nitrogens with one attached hydrogen (secondary N) is 1. The van der Waals surface area contributed by atoms with Crippen molar-refractivity contribution in [3.05, 3.63) is 46.1 Å². The minimum atomic E-state index is -0.126. The summed E-state index contributed by atoms with van der Waals surface area (Å²) in [6.07, 6.45) is 7.14. The molecule has 0 aliphatic heterocycles. The second-order valence-corrected chi connectivity index (χ2v) is 11.0. The summed E-state index contributed by atoms with van der Waals surface area (Å²) in [7, 11) is 0. The van der Waals surface area contributed by atoms with E-state index < -0.39 is 0 Å². The van der Waals surface area contributed by atoms with E-state index in [9.17, 15) is 4.79 Å². The summed E-state index contributed by atoms with van der Waals surface area (Å²) in [6, 6.07) is 8.74. The van der Waals surface area contributed by atoms with Crippen LogP contribution in [0.3, 0.4) is 0 Å². The van der Waals surface area contributed by atoms with Crippen LogP contribution in [0.15, 0.2) is 34.7 Å². The lowest BCUT2D eigenvalue weighted by atomic mass is 9.43. The van der Waals surface area contributed by atoms with Crippen molar-refractivity contribution >= 4 is 29.1 Å². The fraction of sp³-hybridized carbons (Fsp3) is 0.522. The lowest BCUT2D eigenvalue weighted by Crippen LogP contribution is -2.65. The van der Waals surface area contributed by atoms with Crippen LogP contribution in [-0.4, -0.2) is 11.4 Å². The third kappa shape index (κ3) is 3.07. The smallest absolute Gasteiger partial charge is 0.287 e. The average Bonchev–Trinajstić information content (AvgIpc) is 3.03. The maximum Gasteiger partial charge on any atom is 0.287 e. The topological polar surface area (TPSA) is 42.2 Å². The van der Waals surface area contributed by atoms with Crippen molar-refractivity contribution < 1.29 is 9.21 Å². The molecule has 1 aromatic heterocycles. The van der Waals surface area contributed by atoms with Gasteiger partial charge in [0.25, 0.3) is 5.91 Å². The summed E-state index contributed by atoms with van der Waals surface area (Å²) in [4.78, 5) is 13.1. The fourth-order valence-electron chi connectivity index (χ4n) is 7.18. The lowest BCUT2D eigenvalue weighted by molar-refractivity contribution is -0.114. The molecule has 2 unspecified atom stereocenters. The van der Waals surface area contributed by atoms with E-state index in [0.29, 0.717) is 38.0 Å². The van der Waals surface area contributed by atoms with Crippen LogP contribution < -0.4 is 5.32 Å². The van der Waals surface area contributed by atoms with Gasteiger partial charge in [0.2, 0.25) is 0 Å². The highest BCUT2D eigenvalue weighted by atomic mass is 35.5. The van der Waals surface area contributed by atoms with Gasteiger partial charge in [-0.3, -0.25) is 4.79 Å². The second kappa shape index (κ2) is 6.03. The molecule has 4 aliphatic rings. The van der Waals surface area contributed by atoms with Gasteiger partial charge in [-0.1, -0.05) is 37.0 Å². The van der Waals surface area contributed by atoms with Crippen molar-refractivity contribution in [1.82, 2.24) is 5.32 Å². The molecule has 1 aromatic carbocycles. The predicted octanol–water partition coefficient (Wildman–Crippen LogP) is 6.73. The zero-order valence-corrected chi connectivity index (χ0v) is 17.8. The lowest BCUT2D eigenvalue weighted by Gasteiger charge is -2.65. The van der Waals surface area contributed by atoms with E-state index in [-0.39, 0.29) is 11.4 Å². The molecular formula is C23H25Cl2NO2. The first-order chi connectivity index (χ1) is 13.2. The quantitative estimate of drug-likeness (QED) is 0.600. The van der Waals surface area contributed by atoms with Gasteiger partial charge in [0.15, 0.2) is 5.76 Å². The molecule has 1 N–H and O–H groups in total. The Hall–Kier alpha value is -1.45. The van der Waals surface area contributed by atoms with Crippen LogP contribution in [0.5, 0.6) is 0 Å². The maximum absolute atomic E-state index is 13.1. The molecule has 28 heavy (non-hydrogen) atoms. The second-order valence-electron chi connectivity index (χ2n) is 10.2. The maximum atomic E-state index is 13.1. The molecule has 4 bridgehead atoms. The van der Waals surface area contributed by atoms with Crippen molar-refractivity contribution in [2.45, 2.75) is 57.9 Å². The first-order valence-corrected chi connectivity index (χ1v) is 10.8. The molecule has 3 nitrogen and oxygen atoms in total. The van der Waals surface area contributed by atoms with Gasteiger partial charge < -0.3 is 9.73 Å². The van der Waals surface area contributed by atoms with Gasteiger partial charge in [0.05, 0.1) is 5.02 Å². The van der Waals surface area contributed by atoms with Crippen LogP contribution in [0.1, 0.15) is 62.9 Å². The molecule has 1 heterocycles. The molecule has 2 aromatic rings. The normalized spacial score (nSPS) is 35.9. The van der Waals surface area contributed by atoms with E-state index in [4.69, 9.17) is 27.6 Å². The first-order valence-electron chi connectivity index (χ1n) is 10.0. The van der Waals surface area contributed by atoms with Crippen molar-refractivity contribution in [2.75, 3.05) is 0 Å². The highest BCUT2D eigenvalue weighted by Crippen LogP contribution is 2.66. The first kappa shape index (κ1) is 18.6. The minimum Gasteiger partial charge on any atom is -0.451 e. The van der Waals surface area contributed by atoms with Gasteiger partial charge in [0, 0.05) is 16.1 Å². The fourth-order valence-corrected chi connectivity index (χ4v) is 7.56. The number of furan rings is 1. The molecular weight excluding hydrogens is 393 g/mol. The third-order valence-electron chi connectivity index (χ3n) is 7.03. The Labute approximate surface area is 175 Å². The predicted molar refractivity (Wildman–Crippen MR) is 112 cm³/mol. The molecule has 1 amide bonds. The van der Waals surface area contributed by atoms with Gasteiger partial charge >= 0.3 is 0 Å². The van der Waals surface area contributed by atoms with Crippen LogP contribution in [0.25, 0.3) is 11.3 Å². The van der Waals surface area contributed by atoms with E-state index >= 15 is 0 Å². The Morgan fingerprint density at radius 1 is 1.04 bits per heavy atom. The minimum absolute atomic E-state index is 0.0966. The summed E-state index contributed by atoms with van der Waals surface area (Å²) in [5, 5.41) is 4.52. The van der Waals surface area contributed by atoms with Crippen LogP contribution in [0.4, 0.5) is 0 Å². The van der Waals surface area contributed by atoms with Crippen molar-refractivity contribution in [3.63, 3.8) is 0 Å². The van der Waals surface area contributed by atoms with Gasteiger partial charge in [-0.2, -0.15) is 0 Å². The molecule has 0 spiro atoms. The zero-order valence-electron chi connectivity index (χ0n) is 16.3. The number of hydrogen-bond donors (Lipinski definition) is 1. The van der Waals surface area contributed by atoms with E-state index in [0.717, 1.165) is 25.2 Å². The Bertz CT molecular complexity index is 947. The van der Waals surface area contributed by atoms with Gasteiger partial charge in [-0.25, -0.2) is 0 Å². The number of amides is 1. The van der Waals surface area contributed by atoms with Crippen molar-refractivity contribution in [1.29, 1.82) is 0 Å². The Balaban J connectivity index is 1.40. The Morgan fingerprint density at radius 2 is 1.75 bits per heavy atom. The zero-order chi connectivity index (χ0) is 19.7. The van der Waals surface area contributed by atoms with Crippen LogP contribution in [-0.2, 0) is 0 Å². The van der Waals surface area contributed by atoms with E-state index in [1.807, 2.05) is 0 Å². The van der Waals surface area contributed by atoms with Crippen LogP contribution in [0, 0.1) is 16.7 Å². The summed E-state index contributed by atoms with van der Waals surface area (Å²) in [6.45, 7) is 4.81. The van der Waals surface area contributed by atoms with E-state index in [1.165, 1.54) is 19.3 Å².